The molecule has 0 saturated heterocycles. The smallest absolute Gasteiger partial charge is 0.291 e. The Kier molecular flexibility index (Phi) is 4.79. The second-order valence-electron chi connectivity index (χ2n) is 5.92. The summed E-state index contributed by atoms with van der Waals surface area (Å²) >= 11 is 0. The lowest BCUT2D eigenvalue weighted by molar-refractivity contribution is 0.0995. The number of rotatable bonds is 6. The number of benzene rings is 2. The van der Waals surface area contributed by atoms with Crippen molar-refractivity contribution in [2.45, 2.75) is 0 Å². The number of amides is 1. The van der Waals surface area contributed by atoms with Crippen LogP contribution in [-0.4, -0.2) is 18.5 Å². The molecule has 0 atom stereocenters. The minimum atomic E-state index is -0.320. The zero-order chi connectivity index (χ0) is 19.3. The molecule has 1 aromatic heterocycles. The van der Waals surface area contributed by atoms with Crippen LogP contribution in [-0.2, 0) is 0 Å². The highest BCUT2D eigenvalue weighted by atomic mass is 16.7. The highest BCUT2D eigenvalue weighted by molar-refractivity contribution is 6.05. The molecule has 1 aliphatic rings. The fraction of sp³-hybridized carbons (Fsp3) is 0.0476. The van der Waals surface area contributed by atoms with E-state index >= 15 is 0 Å². The number of carbonyl (C=O) groups excluding carboxylic acids is 2. The van der Waals surface area contributed by atoms with Gasteiger partial charge in [0.2, 0.25) is 6.79 Å². The van der Waals surface area contributed by atoms with Crippen molar-refractivity contribution in [3.63, 3.8) is 0 Å². The Morgan fingerprint density at radius 1 is 0.929 bits per heavy atom. The van der Waals surface area contributed by atoms with Crippen LogP contribution in [0.15, 0.2) is 77.6 Å². The first kappa shape index (κ1) is 17.4. The number of hydrogen-bond acceptors (Lipinski definition) is 6. The second-order valence-corrected chi connectivity index (χ2v) is 5.92. The van der Waals surface area contributed by atoms with Gasteiger partial charge in [-0.1, -0.05) is 0 Å². The molecule has 140 valence electrons. The summed E-state index contributed by atoms with van der Waals surface area (Å²) in [5.74, 6) is 0.970. The molecular weight excluding hydrogens is 360 g/mol. The van der Waals surface area contributed by atoms with Crippen molar-refractivity contribution in [1.29, 1.82) is 0 Å². The van der Waals surface area contributed by atoms with E-state index in [2.05, 4.69) is 10.6 Å². The van der Waals surface area contributed by atoms with Crippen molar-refractivity contribution in [2.75, 3.05) is 17.4 Å². The van der Waals surface area contributed by atoms with E-state index in [9.17, 15) is 9.59 Å². The summed E-state index contributed by atoms with van der Waals surface area (Å²) in [6.07, 6.45) is 4.44. The summed E-state index contributed by atoms with van der Waals surface area (Å²) in [5, 5.41) is 5.75. The SMILES string of the molecule is O=C(C=CNc1ccc(NC(=O)c2ccco2)cc1)c1ccc2c(c1)OCO2. The molecule has 4 rings (SSSR count). The molecule has 0 spiro atoms. The number of allylic oxidation sites excluding steroid dienone is 1. The Balaban J connectivity index is 1.33. The number of fused-ring (bicyclic) bond motifs is 1. The lowest BCUT2D eigenvalue weighted by Crippen LogP contribution is -2.10. The van der Waals surface area contributed by atoms with Crippen molar-refractivity contribution in [3.8, 4) is 11.5 Å². The summed E-state index contributed by atoms with van der Waals surface area (Å²) in [6, 6.07) is 15.4. The van der Waals surface area contributed by atoms with Crippen LogP contribution in [0.2, 0.25) is 0 Å². The average molecular weight is 376 g/mol. The topological polar surface area (TPSA) is 89.8 Å². The molecular formula is C21H16N2O5. The van der Waals surface area contributed by atoms with Crippen LogP contribution in [0.3, 0.4) is 0 Å². The molecule has 0 radical (unpaired) electrons. The molecule has 2 heterocycles. The van der Waals surface area contributed by atoms with Gasteiger partial charge in [-0.3, -0.25) is 9.59 Å². The van der Waals surface area contributed by atoms with E-state index in [1.165, 1.54) is 12.3 Å². The van der Waals surface area contributed by atoms with E-state index in [1.807, 2.05) is 0 Å². The van der Waals surface area contributed by atoms with Gasteiger partial charge in [0.15, 0.2) is 23.0 Å². The van der Waals surface area contributed by atoms with E-state index in [0.29, 0.717) is 22.7 Å². The molecule has 2 N–H and O–H groups in total. The van der Waals surface area contributed by atoms with Gasteiger partial charge in [-0.15, -0.1) is 0 Å². The predicted octanol–water partition coefficient (Wildman–Crippen LogP) is 4.07. The fourth-order valence-corrected chi connectivity index (χ4v) is 2.61. The number of furan rings is 1. The molecule has 0 bridgehead atoms. The normalized spacial score (nSPS) is 12.1. The maximum atomic E-state index is 12.2. The summed E-state index contributed by atoms with van der Waals surface area (Å²) in [6.45, 7) is 0.169. The Bertz CT molecular complexity index is 1020. The summed E-state index contributed by atoms with van der Waals surface area (Å²) in [4.78, 5) is 24.2. The van der Waals surface area contributed by atoms with Crippen LogP contribution in [0.25, 0.3) is 0 Å². The van der Waals surface area contributed by atoms with Crippen molar-refractivity contribution in [3.05, 3.63) is 84.5 Å². The van der Waals surface area contributed by atoms with Crippen LogP contribution < -0.4 is 20.1 Å². The first-order valence-electron chi connectivity index (χ1n) is 8.51. The van der Waals surface area contributed by atoms with Crippen molar-refractivity contribution in [2.24, 2.45) is 0 Å². The minimum Gasteiger partial charge on any atom is -0.459 e. The van der Waals surface area contributed by atoms with Crippen LogP contribution in [0.1, 0.15) is 20.9 Å². The monoisotopic (exact) mass is 376 g/mol. The third-order valence-electron chi connectivity index (χ3n) is 4.03. The molecule has 1 amide bonds. The lowest BCUT2D eigenvalue weighted by Gasteiger charge is -2.05. The third-order valence-corrected chi connectivity index (χ3v) is 4.03. The van der Waals surface area contributed by atoms with Gasteiger partial charge in [-0.25, -0.2) is 0 Å². The van der Waals surface area contributed by atoms with E-state index in [1.54, 1.807) is 60.8 Å². The molecule has 7 nitrogen and oxygen atoms in total. The van der Waals surface area contributed by atoms with Gasteiger partial charge in [0, 0.05) is 29.2 Å². The van der Waals surface area contributed by atoms with Crippen LogP contribution >= 0.6 is 0 Å². The van der Waals surface area contributed by atoms with E-state index < -0.39 is 0 Å². The molecule has 0 unspecified atom stereocenters. The van der Waals surface area contributed by atoms with Gasteiger partial charge >= 0.3 is 0 Å². The van der Waals surface area contributed by atoms with E-state index in [0.717, 1.165) is 5.69 Å². The highest BCUT2D eigenvalue weighted by Gasteiger charge is 2.15. The van der Waals surface area contributed by atoms with Crippen molar-refractivity contribution < 1.29 is 23.5 Å². The Hall–Kier alpha value is -4.00. The Morgan fingerprint density at radius 2 is 1.71 bits per heavy atom. The fourth-order valence-electron chi connectivity index (χ4n) is 2.61. The van der Waals surface area contributed by atoms with Crippen molar-refractivity contribution in [1.82, 2.24) is 0 Å². The molecule has 1 aliphatic heterocycles. The number of anilines is 2. The molecule has 7 heteroatoms. The van der Waals surface area contributed by atoms with Crippen LogP contribution in [0.4, 0.5) is 11.4 Å². The Morgan fingerprint density at radius 3 is 2.50 bits per heavy atom. The standard InChI is InChI=1S/C21H16N2O5/c24-17(14-3-8-18-20(12-14)28-13-27-18)9-10-22-15-4-6-16(7-5-15)23-21(25)19-2-1-11-26-19/h1-12,22H,13H2,(H,23,25). The van der Waals surface area contributed by atoms with Gasteiger partial charge in [0.05, 0.1) is 6.26 Å². The summed E-state index contributed by atoms with van der Waals surface area (Å²) in [5.41, 5.74) is 1.91. The van der Waals surface area contributed by atoms with Gasteiger partial charge in [-0.05, 0) is 54.6 Å². The molecule has 28 heavy (non-hydrogen) atoms. The average Bonchev–Trinajstić information content (AvgIpc) is 3.40. The summed E-state index contributed by atoms with van der Waals surface area (Å²) in [7, 11) is 0. The van der Waals surface area contributed by atoms with E-state index in [-0.39, 0.29) is 24.2 Å². The molecule has 2 aromatic carbocycles. The molecule has 0 saturated carbocycles. The van der Waals surface area contributed by atoms with Crippen molar-refractivity contribution >= 4 is 23.1 Å². The number of carbonyl (C=O) groups is 2. The number of hydrogen-bond donors (Lipinski definition) is 2. The molecule has 0 aliphatic carbocycles. The van der Waals surface area contributed by atoms with Gasteiger partial charge < -0.3 is 24.5 Å². The first-order valence-corrected chi connectivity index (χ1v) is 8.51. The Labute approximate surface area is 160 Å². The zero-order valence-electron chi connectivity index (χ0n) is 14.7. The van der Waals surface area contributed by atoms with Crippen LogP contribution in [0, 0.1) is 0 Å². The maximum absolute atomic E-state index is 12.2. The number of ether oxygens (including phenoxy) is 2. The number of nitrogens with one attached hydrogen (secondary N) is 2. The predicted molar refractivity (Wildman–Crippen MR) is 103 cm³/mol. The first-order chi connectivity index (χ1) is 13.7. The lowest BCUT2D eigenvalue weighted by atomic mass is 10.1. The van der Waals surface area contributed by atoms with Gasteiger partial charge in [-0.2, -0.15) is 0 Å². The largest absolute Gasteiger partial charge is 0.459 e. The molecule has 0 fully saturated rings. The quantitative estimate of drug-likeness (QED) is 0.498. The van der Waals surface area contributed by atoms with Gasteiger partial charge in [0.25, 0.3) is 5.91 Å². The third kappa shape index (κ3) is 3.88. The van der Waals surface area contributed by atoms with E-state index in [4.69, 9.17) is 13.9 Å². The number of ketones is 1. The maximum Gasteiger partial charge on any atom is 0.291 e. The zero-order valence-corrected chi connectivity index (χ0v) is 14.7. The van der Waals surface area contributed by atoms with Crippen LogP contribution in [0.5, 0.6) is 11.5 Å². The van der Waals surface area contributed by atoms with Gasteiger partial charge in [0.1, 0.15) is 0 Å². The summed E-state index contributed by atoms with van der Waals surface area (Å²) < 4.78 is 15.6. The minimum absolute atomic E-state index is 0.159. The second kappa shape index (κ2) is 7.71. The molecule has 3 aromatic rings. The highest BCUT2D eigenvalue weighted by Crippen LogP contribution is 2.32.